The molecule has 0 radical (unpaired) electrons. The Hall–Kier alpha value is -1.60. The van der Waals surface area contributed by atoms with Crippen LogP contribution in [0.1, 0.15) is 19.3 Å². The maximum atomic E-state index is 12.3. The smallest absolute Gasteiger partial charge is 0.216 e. The molecule has 3 heterocycles. The average molecular weight is 307 g/mol. The van der Waals surface area contributed by atoms with Crippen molar-refractivity contribution in [1.29, 1.82) is 0 Å². The van der Waals surface area contributed by atoms with Gasteiger partial charge in [-0.1, -0.05) is 0 Å². The Morgan fingerprint density at radius 1 is 1.29 bits per heavy atom. The van der Waals surface area contributed by atoms with Gasteiger partial charge in [0.1, 0.15) is 11.4 Å². The molecule has 1 aliphatic heterocycles. The van der Waals surface area contributed by atoms with E-state index in [0.29, 0.717) is 19.5 Å². The van der Waals surface area contributed by atoms with Crippen LogP contribution in [0.15, 0.2) is 29.0 Å². The van der Waals surface area contributed by atoms with Crippen molar-refractivity contribution in [2.24, 2.45) is 0 Å². The lowest BCUT2D eigenvalue weighted by Gasteiger charge is -2.18. The van der Waals surface area contributed by atoms with Crippen LogP contribution in [0.25, 0.3) is 11.0 Å². The van der Waals surface area contributed by atoms with Crippen LogP contribution in [0.4, 0.5) is 5.82 Å². The molecule has 1 saturated heterocycles. The second kappa shape index (κ2) is 4.71. The number of aromatic nitrogens is 1. The van der Waals surface area contributed by atoms with Gasteiger partial charge in [-0.05, 0) is 31.4 Å². The predicted molar refractivity (Wildman–Crippen MR) is 79.7 cm³/mol. The number of nitrogens with one attached hydrogen (secondary N) is 1. The van der Waals surface area contributed by atoms with Gasteiger partial charge >= 0.3 is 0 Å². The van der Waals surface area contributed by atoms with E-state index in [9.17, 15) is 8.42 Å². The summed E-state index contributed by atoms with van der Waals surface area (Å²) in [6.45, 7) is 1.19. The third kappa shape index (κ3) is 2.40. The lowest BCUT2D eigenvalue weighted by molar-refractivity contribution is 0.568. The fraction of sp³-hybridized carbons (Fsp3) is 0.500. The van der Waals surface area contributed by atoms with E-state index < -0.39 is 10.0 Å². The van der Waals surface area contributed by atoms with Crippen LogP contribution in [0.3, 0.4) is 0 Å². The quantitative estimate of drug-likeness (QED) is 0.926. The van der Waals surface area contributed by atoms with Crippen LogP contribution in [-0.4, -0.2) is 37.8 Å². The van der Waals surface area contributed by atoms with Crippen molar-refractivity contribution in [3.8, 4) is 0 Å². The summed E-state index contributed by atoms with van der Waals surface area (Å²) in [5, 5.41) is 0.577. The Labute approximate surface area is 123 Å². The van der Waals surface area contributed by atoms with E-state index in [-0.39, 0.29) is 11.3 Å². The summed E-state index contributed by atoms with van der Waals surface area (Å²) in [5.41, 5.74) is 0.780. The zero-order valence-electron chi connectivity index (χ0n) is 11.5. The highest BCUT2D eigenvalue weighted by Gasteiger charge is 2.37. The van der Waals surface area contributed by atoms with E-state index in [0.717, 1.165) is 29.6 Å². The highest BCUT2D eigenvalue weighted by atomic mass is 32.2. The van der Waals surface area contributed by atoms with Crippen LogP contribution < -0.4 is 9.62 Å². The molecule has 0 amide bonds. The fourth-order valence-electron chi connectivity index (χ4n) is 2.84. The van der Waals surface area contributed by atoms with Crippen LogP contribution in [0.2, 0.25) is 0 Å². The van der Waals surface area contributed by atoms with E-state index in [1.54, 1.807) is 12.5 Å². The van der Waals surface area contributed by atoms with Gasteiger partial charge in [0.2, 0.25) is 10.0 Å². The largest absolute Gasteiger partial charge is 0.464 e. The number of hydrogen-bond acceptors (Lipinski definition) is 5. The molecule has 2 aromatic heterocycles. The molecule has 7 heteroatoms. The molecule has 1 saturated carbocycles. The van der Waals surface area contributed by atoms with Crippen molar-refractivity contribution in [2.45, 2.75) is 30.6 Å². The first-order chi connectivity index (χ1) is 10.1. The Morgan fingerprint density at radius 3 is 2.95 bits per heavy atom. The maximum absolute atomic E-state index is 12.3. The molecular formula is C14H17N3O3S. The monoisotopic (exact) mass is 307 g/mol. The minimum atomic E-state index is -3.22. The van der Waals surface area contributed by atoms with E-state index in [4.69, 9.17) is 4.42 Å². The van der Waals surface area contributed by atoms with E-state index in [2.05, 4.69) is 9.71 Å². The van der Waals surface area contributed by atoms with Crippen molar-refractivity contribution >= 4 is 26.8 Å². The van der Waals surface area contributed by atoms with E-state index in [1.165, 1.54) is 0 Å². The summed E-state index contributed by atoms with van der Waals surface area (Å²) in [7, 11) is -3.22. The van der Waals surface area contributed by atoms with Crippen molar-refractivity contribution in [2.75, 3.05) is 18.0 Å². The summed E-state index contributed by atoms with van der Waals surface area (Å²) in [6, 6.07) is 3.86. The topological polar surface area (TPSA) is 75.4 Å². The summed E-state index contributed by atoms with van der Waals surface area (Å²) >= 11 is 0. The number of rotatable bonds is 4. The van der Waals surface area contributed by atoms with Gasteiger partial charge in [-0.15, -0.1) is 0 Å². The molecule has 4 rings (SSSR count). The average Bonchev–Trinajstić information content (AvgIpc) is 2.98. The molecule has 112 valence electrons. The zero-order chi connectivity index (χ0) is 14.4. The van der Waals surface area contributed by atoms with Gasteiger partial charge in [0.25, 0.3) is 0 Å². The molecule has 2 aliphatic rings. The molecule has 1 N–H and O–H groups in total. The Kier molecular flexibility index (Phi) is 2.93. The Bertz CT molecular complexity index is 767. The number of furan rings is 1. The van der Waals surface area contributed by atoms with Gasteiger partial charge in [-0.2, -0.15) is 0 Å². The summed E-state index contributed by atoms with van der Waals surface area (Å²) in [4.78, 5) is 6.44. The maximum Gasteiger partial charge on any atom is 0.216 e. The van der Waals surface area contributed by atoms with Gasteiger partial charge in [0.15, 0.2) is 0 Å². The first-order valence-corrected chi connectivity index (χ1v) is 8.76. The SMILES string of the molecule is O=S(=O)(NC1CC1)C1CCN(c2nccc3occc23)C1. The van der Waals surface area contributed by atoms with Crippen LogP contribution in [-0.2, 0) is 10.0 Å². The highest BCUT2D eigenvalue weighted by molar-refractivity contribution is 7.90. The molecule has 2 fully saturated rings. The molecular weight excluding hydrogens is 290 g/mol. The third-order valence-electron chi connectivity index (χ3n) is 4.15. The number of hydrogen-bond donors (Lipinski definition) is 1. The second-order valence-corrected chi connectivity index (χ2v) is 7.75. The highest BCUT2D eigenvalue weighted by Crippen LogP contribution is 2.30. The van der Waals surface area contributed by atoms with Crippen LogP contribution in [0.5, 0.6) is 0 Å². The molecule has 2 aromatic rings. The van der Waals surface area contributed by atoms with Gasteiger partial charge in [0, 0.05) is 25.3 Å². The predicted octanol–water partition coefficient (Wildman–Crippen LogP) is 1.49. The normalized spacial score (nSPS) is 23.0. The first-order valence-electron chi connectivity index (χ1n) is 7.22. The molecule has 1 aliphatic carbocycles. The Morgan fingerprint density at radius 2 is 2.14 bits per heavy atom. The third-order valence-corrected chi connectivity index (χ3v) is 6.07. The Balaban J connectivity index is 1.57. The number of pyridine rings is 1. The van der Waals surface area contributed by atoms with Crippen molar-refractivity contribution in [1.82, 2.24) is 9.71 Å². The minimum absolute atomic E-state index is 0.166. The molecule has 1 atom stereocenters. The van der Waals surface area contributed by atoms with Crippen molar-refractivity contribution in [3.05, 3.63) is 24.6 Å². The first kappa shape index (κ1) is 13.1. The molecule has 0 bridgehead atoms. The summed E-state index contributed by atoms with van der Waals surface area (Å²) < 4.78 is 32.8. The van der Waals surface area contributed by atoms with Crippen molar-refractivity contribution in [3.63, 3.8) is 0 Å². The number of sulfonamides is 1. The van der Waals surface area contributed by atoms with E-state index >= 15 is 0 Å². The van der Waals surface area contributed by atoms with Gasteiger partial charge < -0.3 is 9.32 Å². The molecule has 0 spiro atoms. The zero-order valence-corrected chi connectivity index (χ0v) is 12.3. The molecule has 21 heavy (non-hydrogen) atoms. The number of nitrogens with zero attached hydrogens (tertiary/aromatic N) is 2. The molecule has 0 aromatic carbocycles. The van der Waals surface area contributed by atoms with Crippen molar-refractivity contribution < 1.29 is 12.8 Å². The van der Waals surface area contributed by atoms with Gasteiger partial charge in [0.05, 0.1) is 16.9 Å². The molecule has 1 unspecified atom stereocenters. The second-order valence-electron chi connectivity index (χ2n) is 5.76. The number of anilines is 1. The minimum Gasteiger partial charge on any atom is -0.464 e. The van der Waals surface area contributed by atoms with Crippen LogP contribution in [0, 0.1) is 0 Å². The summed E-state index contributed by atoms with van der Waals surface area (Å²) in [6.07, 6.45) is 5.90. The standard InChI is InChI=1S/C14H17N3O3S/c18-21(19,16-10-1-2-10)11-4-7-17(9-11)14-12-5-8-20-13(12)3-6-15-14/h3,5-6,8,10-11,16H,1-2,4,7,9H2. The number of fused-ring (bicyclic) bond motifs is 1. The van der Waals surface area contributed by atoms with Crippen LogP contribution >= 0.6 is 0 Å². The van der Waals surface area contributed by atoms with Gasteiger partial charge in [-0.25, -0.2) is 18.1 Å². The fourth-order valence-corrected chi connectivity index (χ4v) is 4.52. The van der Waals surface area contributed by atoms with E-state index in [1.807, 2.05) is 17.0 Å². The summed E-state index contributed by atoms with van der Waals surface area (Å²) in [5.74, 6) is 0.811. The van der Waals surface area contributed by atoms with Gasteiger partial charge in [-0.3, -0.25) is 0 Å². The molecule has 6 nitrogen and oxygen atoms in total. The lowest BCUT2D eigenvalue weighted by atomic mass is 10.3. The lowest BCUT2D eigenvalue weighted by Crippen LogP contribution is -2.37.